The highest BCUT2D eigenvalue weighted by atomic mass is 16.6. The van der Waals surface area contributed by atoms with Gasteiger partial charge in [-0.25, -0.2) is 0 Å². The quantitative estimate of drug-likeness (QED) is 0.750. The highest BCUT2D eigenvalue weighted by molar-refractivity contribution is 5.29. The van der Waals surface area contributed by atoms with Crippen LogP contribution in [0.2, 0.25) is 0 Å². The van der Waals surface area contributed by atoms with Gasteiger partial charge in [-0.15, -0.1) is 0 Å². The summed E-state index contributed by atoms with van der Waals surface area (Å²) >= 11 is 0. The molecule has 2 aliphatic rings. The zero-order chi connectivity index (χ0) is 12.2. The van der Waals surface area contributed by atoms with Crippen molar-refractivity contribution in [2.75, 3.05) is 13.2 Å². The standard InChI is InChI=1S/C14H12O.C2H4O/c1-3-7-11(8-4-1)13-14(15-13)12-9-5-2-6-10-12;1-2-3-1/h1-10,13-14H;1-2H2. The van der Waals surface area contributed by atoms with Crippen molar-refractivity contribution in [2.24, 2.45) is 0 Å². The molecule has 0 N–H and O–H groups in total. The maximum atomic E-state index is 5.69. The molecule has 92 valence electrons. The lowest BCUT2D eigenvalue weighted by Gasteiger charge is -1.95. The van der Waals surface area contributed by atoms with E-state index in [9.17, 15) is 0 Å². The lowest BCUT2D eigenvalue weighted by atomic mass is 10.0. The highest BCUT2D eigenvalue weighted by Gasteiger charge is 2.40. The van der Waals surface area contributed by atoms with Gasteiger partial charge in [0.05, 0.1) is 13.2 Å². The van der Waals surface area contributed by atoms with E-state index in [1.807, 2.05) is 12.1 Å². The number of ether oxygens (including phenoxy) is 2. The SMILES string of the molecule is C1CO1.c1ccc(C2OC2c2ccccc2)cc1. The number of hydrogen-bond donors (Lipinski definition) is 0. The Kier molecular flexibility index (Phi) is 3.40. The molecule has 2 aliphatic heterocycles. The average molecular weight is 240 g/mol. The van der Waals surface area contributed by atoms with Crippen molar-refractivity contribution in [2.45, 2.75) is 12.2 Å². The Hall–Kier alpha value is -1.64. The molecule has 2 aromatic carbocycles. The second-order valence-corrected chi connectivity index (χ2v) is 4.41. The number of epoxide rings is 2. The summed E-state index contributed by atoms with van der Waals surface area (Å²) in [4.78, 5) is 0. The van der Waals surface area contributed by atoms with E-state index in [0.717, 1.165) is 13.2 Å². The van der Waals surface area contributed by atoms with E-state index in [1.165, 1.54) is 11.1 Å². The molecule has 2 heteroatoms. The lowest BCUT2D eigenvalue weighted by Crippen LogP contribution is -1.82. The fraction of sp³-hybridized carbons (Fsp3) is 0.250. The average Bonchev–Trinajstić information content (AvgIpc) is 3.34. The van der Waals surface area contributed by atoms with Crippen molar-refractivity contribution in [1.29, 1.82) is 0 Å². The van der Waals surface area contributed by atoms with Crippen molar-refractivity contribution < 1.29 is 9.47 Å². The largest absolute Gasteiger partial charge is 0.377 e. The summed E-state index contributed by atoms with van der Waals surface area (Å²) in [7, 11) is 0. The summed E-state index contributed by atoms with van der Waals surface area (Å²) < 4.78 is 10.2. The summed E-state index contributed by atoms with van der Waals surface area (Å²) in [5.41, 5.74) is 2.54. The van der Waals surface area contributed by atoms with Crippen molar-refractivity contribution in [1.82, 2.24) is 0 Å². The first kappa shape index (κ1) is 11.5. The molecule has 2 nitrogen and oxygen atoms in total. The number of benzene rings is 2. The van der Waals surface area contributed by atoms with Crippen LogP contribution in [0.1, 0.15) is 23.3 Å². The molecule has 18 heavy (non-hydrogen) atoms. The van der Waals surface area contributed by atoms with Crippen LogP contribution in [0.15, 0.2) is 60.7 Å². The van der Waals surface area contributed by atoms with Gasteiger partial charge >= 0.3 is 0 Å². The fourth-order valence-electron chi connectivity index (χ4n) is 1.90. The van der Waals surface area contributed by atoms with Crippen LogP contribution in [0.3, 0.4) is 0 Å². The summed E-state index contributed by atoms with van der Waals surface area (Å²) in [5.74, 6) is 0. The third kappa shape index (κ3) is 2.97. The van der Waals surface area contributed by atoms with Crippen LogP contribution in [0, 0.1) is 0 Å². The fourth-order valence-corrected chi connectivity index (χ4v) is 1.90. The maximum Gasteiger partial charge on any atom is 0.114 e. The molecule has 2 heterocycles. The Morgan fingerprint density at radius 3 is 1.39 bits per heavy atom. The number of hydrogen-bond acceptors (Lipinski definition) is 2. The molecular weight excluding hydrogens is 224 g/mol. The zero-order valence-electron chi connectivity index (χ0n) is 10.2. The predicted octanol–water partition coefficient (Wildman–Crippen LogP) is 3.52. The second-order valence-electron chi connectivity index (χ2n) is 4.41. The molecule has 2 fully saturated rings. The van der Waals surface area contributed by atoms with E-state index in [1.54, 1.807) is 0 Å². The molecular formula is C16H16O2. The molecule has 0 aromatic heterocycles. The van der Waals surface area contributed by atoms with Gasteiger partial charge in [-0.1, -0.05) is 60.7 Å². The van der Waals surface area contributed by atoms with E-state index in [0.29, 0.717) is 0 Å². The van der Waals surface area contributed by atoms with Crippen molar-refractivity contribution >= 4 is 0 Å². The normalized spacial score (nSPS) is 23.8. The molecule has 0 amide bonds. The van der Waals surface area contributed by atoms with Crippen LogP contribution in [0.5, 0.6) is 0 Å². The van der Waals surface area contributed by atoms with Gasteiger partial charge in [-0.05, 0) is 11.1 Å². The molecule has 0 bridgehead atoms. The van der Waals surface area contributed by atoms with E-state index >= 15 is 0 Å². The summed E-state index contributed by atoms with van der Waals surface area (Å²) in [6.45, 7) is 2.00. The van der Waals surface area contributed by atoms with Gasteiger partial charge in [-0.3, -0.25) is 0 Å². The Balaban J connectivity index is 0.000000293. The molecule has 2 aromatic rings. The van der Waals surface area contributed by atoms with Crippen LogP contribution < -0.4 is 0 Å². The Morgan fingerprint density at radius 1 is 0.667 bits per heavy atom. The summed E-state index contributed by atoms with van der Waals surface area (Å²) in [6, 6.07) is 20.8. The van der Waals surface area contributed by atoms with Gasteiger partial charge in [0.25, 0.3) is 0 Å². The molecule has 2 saturated heterocycles. The van der Waals surface area contributed by atoms with Crippen LogP contribution >= 0.6 is 0 Å². The van der Waals surface area contributed by atoms with Crippen LogP contribution in [0.4, 0.5) is 0 Å². The van der Waals surface area contributed by atoms with Gasteiger partial charge in [-0.2, -0.15) is 0 Å². The smallest absolute Gasteiger partial charge is 0.114 e. The van der Waals surface area contributed by atoms with Crippen LogP contribution in [-0.2, 0) is 9.47 Å². The van der Waals surface area contributed by atoms with Crippen molar-refractivity contribution in [3.63, 3.8) is 0 Å². The maximum absolute atomic E-state index is 5.69. The molecule has 2 unspecified atom stereocenters. The minimum atomic E-state index is 0.258. The topological polar surface area (TPSA) is 25.1 Å². The van der Waals surface area contributed by atoms with Gasteiger partial charge in [0.1, 0.15) is 12.2 Å². The third-order valence-corrected chi connectivity index (χ3v) is 2.95. The Morgan fingerprint density at radius 2 is 1.06 bits per heavy atom. The minimum absolute atomic E-state index is 0.258. The molecule has 0 aliphatic carbocycles. The summed E-state index contributed by atoms with van der Waals surface area (Å²) in [6.07, 6.45) is 0.516. The first-order valence-corrected chi connectivity index (χ1v) is 6.28. The van der Waals surface area contributed by atoms with Gasteiger partial charge < -0.3 is 9.47 Å². The van der Waals surface area contributed by atoms with Crippen LogP contribution in [0.25, 0.3) is 0 Å². The monoisotopic (exact) mass is 240 g/mol. The van der Waals surface area contributed by atoms with E-state index in [2.05, 4.69) is 53.3 Å². The third-order valence-electron chi connectivity index (χ3n) is 2.95. The molecule has 0 saturated carbocycles. The Labute approximate surface area is 107 Å². The molecule has 4 rings (SSSR count). The predicted molar refractivity (Wildman–Crippen MR) is 70.3 cm³/mol. The van der Waals surface area contributed by atoms with Crippen molar-refractivity contribution in [3.8, 4) is 0 Å². The second kappa shape index (κ2) is 5.34. The van der Waals surface area contributed by atoms with E-state index < -0.39 is 0 Å². The number of rotatable bonds is 2. The Bertz CT molecular complexity index is 433. The van der Waals surface area contributed by atoms with Crippen LogP contribution in [-0.4, -0.2) is 13.2 Å². The van der Waals surface area contributed by atoms with E-state index in [-0.39, 0.29) is 12.2 Å². The van der Waals surface area contributed by atoms with E-state index in [4.69, 9.17) is 4.74 Å². The van der Waals surface area contributed by atoms with Crippen molar-refractivity contribution in [3.05, 3.63) is 71.8 Å². The minimum Gasteiger partial charge on any atom is -0.377 e. The lowest BCUT2D eigenvalue weighted by molar-refractivity contribution is 0.377. The first-order valence-electron chi connectivity index (χ1n) is 6.28. The zero-order valence-corrected chi connectivity index (χ0v) is 10.2. The summed E-state index contributed by atoms with van der Waals surface area (Å²) in [5, 5.41) is 0. The first-order chi connectivity index (χ1) is 8.95. The highest BCUT2D eigenvalue weighted by Crippen LogP contribution is 2.50. The molecule has 2 atom stereocenters. The molecule has 0 radical (unpaired) electrons. The van der Waals surface area contributed by atoms with Gasteiger partial charge in [0, 0.05) is 0 Å². The van der Waals surface area contributed by atoms with Gasteiger partial charge in [0.15, 0.2) is 0 Å². The molecule has 0 spiro atoms. The van der Waals surface area contributed by atoms with Gasteiger partial charge in [0.2, 0.25) is 0 Å².